The summed E-state index contributed by atoms with van der Waals surface area (Å²) in [4.78, 5) is 38.7. The third kappa shape index (κ3) is 6.35. The van der Waals surface area contributed by atoms with Crippen molar-refractivity contribution in [2.45, 2.75) is 46.3 Å². The lowest BCUT2D eigenvalue weighted by atomic mass is 10.1. The number of carbonyl (C=O) groups is 3. The topological polar surface area (TPSA) is 99.2 Å². The fraction of sp³-hybridized carbons (Fsp3) is 0.812. The Morgan fingerprint density at radius 1 is 1.12 bits per heavy atom. The smallest absolute Gasteiger partial charge is 0.407 e. The van der Waals surface area contributed by atoms with Gasteiger partial charge in [-0.15, -0.1) is 0 Å². The number of carboxylic acid groups (broad SMARTS) is 1. The van der Waals surface area contributed by atoms with Crippen LogP contribution in [-0.2, 0) is 14.3 Å². The molecule has 1 rings (SSSR count). The predicted octanol–water partition coefficient (Wildman–Crippen LogP) is 0.765. The lowest BCUT2D eigenvalue weighted by Gasteiger charge is -2.38. The molecule has 1 fully saturated rings. The van der Waals surface area contributed by atoms with Crippen LogP contribution in [0.1, 0.15) is 34.6 Å². The maximum atomic E-state index is 12.0. The molecule has 1 aliphatic rings. The molecule has 1 heterocycles. The highest BCUT2D eigenvalue weighted by Gasteiger charge is 2.31. The maximum Gasteiger partial charge on any atom is 0.407 e. The average Bonchev–Trinajstić information content (AvgIpc) is 2.45. The molecule has 2 amide bonds. The second-order valence-electron chi connectivity index (χ2n) is 7.25. The molecule has 0 saturated carbocycles. The molecule has 8 heteroatoms. The fourth-order valence-corrected chi connectivity index (χ4v) is 2.49. The Morgan fingerprint density at radius 3 is 2.08 bits per heavy atom. The summed E-state index contributed by atoms with van der Waals surface area (Å²) in [6.45, 7) is 10.8. The summed E-state index contributed by atoms with van der Waals surface area (Å²) < 4.78 is 5.12. The van der Waals surface area contributed by atoms with Crippen LogP contribution in [0.15, 0.2) is 0 Å². The van der Waals surface area contributed by atoms with Gasteiger partial charge in [0.15, 0.2) is 0 Å². The standard InChI is InChI=1S/C16H29N3O5/c1-11(2)13(20)19-8-6-18(7-9-19)12(14(21)22)10-17-15(23)24-16(3,4)5/h11-12H,6-10H2,1-5H3,(H,17,23)(H,21,22). The highest BCUT2D eigenvalue weighted by atomic mass is 16.6. The van der Waals surface area contributed by atoms with Crippen molar-refractivity contribution >= 4 is 18.0 Å². The molecule has 1 atom stereocenters. The van der Waals surface area contributed by atoms with Gasteiger partial charge in [0.1, 0.15) is 11.6 Å². The van der Waals surface area contributed by atoms with E-state index < -0.39 is 23.7 Å². The number of aliphatic carboxylic acids is 1. The van der Waals surface area contributed by atoms with E-state index in [4.69, 9.17) is 4.74 Å². The Labute approximate surface area is 143 Å². The van der Waals surface area contributed by atoms with E-state index in [1.165, 1.54) is 0 Å². The van der Waals surface area contributed by atoms with Crippen LogP contribution < -0.4 is 5.32 Å². The van der Waals surface area contributed by atoms with E-state index in [-0.39, 0.29) is 18.4 Å². The minimum atomic E-state index is -1.00. The summed E-state index contributed by atoms with van der Waals surface area (Å²) in [6.07, 6.45) is -0.637. The summed E-state index contributed by atoms with van der Waals surface area (Å²) >= 11 is 0. The van der Waals surface area contributed by atoms with Gasteiger partial charge >= 0.3 is 12.1 Å². The quantitative estimate of drug-likeness (QED) is 0.765. The van der Waals surface area contributed by atoms with E-state index >= 15 is 0 Å². The number of rotatable bonds is 5. The van der Waals surface area contributed by atoms with E-state index in [9.17, 15) is 19.5 Å². The lowest BCUT2D eigenvalue weighted by Crippen LogP contribution is -2.57. The third-order valence-corrected chi connectivity index (χ3v) is 3.68. The Kier molecular flexibility index (Phi) is 7.01. The molecule has 0 aliphatic carbocycles. The number of carbonyl (C=O) groups excluding carboxylic acids is 2. The van der Waals surface area contributed by atoms with E-state index in [2.05, 4.69) is 5.32 Å². The second-order valence-corrected chi connectivity index (χ2v) is 7.25. The van der Waals surface area contributed by atoms with Crippen molar-refractivity contribution < 1.29 is 24.2 Å². The lowest BCUT2D eigenvalue weighted by molar-refractivity contribution is -0.145. The molecule has 0 aromatic heterocycles. The number of piperazine rings is 1. The Morgan fingerprint density at radius 2 is 1.67 bits per heavy atom. The molecule has 138 valence electrons. The first-order valence-electron chi connectivity index (χ1n) is 8.23. The molecule has 0 spiro atoms. The summed E-state index contributed by atoms with van der Waals surface area (Å²) in [5, 5.41) is 11.9. The molecule has 0 radical (unpaired) electrons. The first-order valence-corrected chi connectivity index (χ1v) is 8.23. The summed E-state index contributed by atoms with van der Waals surface area (Å²) in [7, 11) is 0. The average molecular weight is 343 g/mol. The molecule has 0 aromatic rings. The molecular formula is C16H29N3O5. The van der Waals surface area contributed by atoms with Gasteiger partial charge in [-0.25, -0.2) is 4.79 Å². The Balaban J connectivity index is 2.54. The number of carboxylic acids is 1. The SMILES string of the molecule is CC(C)C(=O)N1CCN(C(CNC(=O)OC(C)(C)C)C(=O)O)CC1. The largest absolute Gasteiger partial charge is 0.480 e. The second kappa shape index (κ2) is 8.32. The van der Waals surface area contributed by atoms with E-state index in [0.717, 1.165) is 0 Å². The van der Waals surface area contributed by atoms with E-state index in [0.29, 0.717) is 26.2 Å². The minimum absolute atomic E-state index is 0.0393. The molecule has 2 N–H and O–H groups in total. The van der Waals surface area contributed by atoms with Crippen molar-refractivity contribution in [3.05, 3.63) is 0 Å². The maximum absolute atomic E-state index is 12.0. The van der Waals surface area contributed by atoms with Gasteiger partial charge in [0, 0.05) is 38.6 Å². The zero-order valence-corrected chi connectivity index (χ0v) is 15.2. The molecule has 1 aliphatic heterocycles. The zero-order chi connectivity index (χ0) is 18.5. The van der Waals surface area contributed by atoms with Crippen LogP contribution in [0, 0.1) is 5.92 Å². The van der Waals surface area contributed by atoms with Gasteiger partial charge in [-0.05, 0) is 20.8 Å². The van der Waals surface area contributed by atoms with Crippen LogP contribution >= 0.6 is 0 Å². The van der Waals surface area contributed by atoms with Gasteiger partial charge in [0.2, 0.25) is 5.91 Å². The van der Waals surface area contributed by atoms with Gasteiger partial charge in [0.25, 0.3) is 0 Å². The van der Waals surface area contributed by atoms with Gasteiger partial charge < -0.3 is 20.1 Å². The fourth-order valence-electron chi connectivity index (χ4n) is 2.49. The number of amides is 2. The summed E-state index contributed by atoms with van der Waals surface area (Å²) in [5.74, 6) is -0.997. The first-order chi connectivity index (χ1) is 11.0. The monoisotopic (exact) mass is 343 g/mol. The van der Waals surface area contributed by atoms with Crippen molar-refractivity contribution in [1.82, 2.24) is 15.1 Å². The summed E-state index contributed by atoms with van der Waals surface area (Å²) in [6, 6.07) is -0.839. The molecule has 1 unspecified atom stereocenters. The van der Waals surface area contributed by atoms with Gasteiger partial charge in [0.05, 0.1) is 0 Å². The number of nitrogens with zero attached hydrogens (tertiary/aromatic N) is 2. The van der Waals surface area contributed by atoms with Gasteiger partial charge in [-0.2, -0.15) is 0 Å². The molecule has 8 nitrogen and oxygen atoms in total. The van der Waals surface area contributed by atoms with Gasteiger partial charge in [-0.3, -0.25) is 14.5 Å². The highest BCUT2D eigenvalue weighted by Crippen LogP contribution is 2.11. The number of hydrogen-bond donors (Lipinski definition) is 2. The highest BCUT2D eigenvalue weighted by molar-refractivity contribution is 5.78. The third-order valence-electron chi connectivity index (χ3n) is 3.68. The van der Waals surface area contributed by atoms with E-state index in [1.54, 1.807) is 30.6 Å². The van der Waals surface area contributed by atoms with Crippen LogP contribution in [0.3, 0.4) is 0 Å². The normalized spacial score (nSPS) is 17.5. The molecule has 0 aromatic carbocycles. The van der Waals surface area contributed by atoms with E-state index in [1.807, 2.05) is 13.8 Å². The van der Waals surface area contributed by atoms with Crippen molar-refractivity contribution in [3.8, 4) is 0 Å². The number of nitrogens with one attached hydrogen (secondary N) is 1. The Hall–Kier alpha value is -1.83. The van der Waals surface area contributed by atoms with Crippen LogP contribution in [-0.4, -0.2) is 77.2 Å². The molecule has 0 bridgehead atoms. The molecular weight excluding hydrogens is 314 g/mol. The number of ether oxygens (including phenoxy) is 1. The van der Waals surface area contributed by atoms with Crippen molar-refractivity contribution in [2.75, 3.05) is 32.7 Å². The zero-order valence-electron chi connectivity index (χ0n) is 15.2. The molecule has 24 heavy (non-hydrogen) atoms. The van der Waals surface area contributed by atoms with Crippen molar-refractivity contribution in [3.63, 3.8) is 0 Å². The van der Waals surface area contributed by atoms with Crippen LogP contribution in [0.4, 0.5) is 4.79 Å². The van der Waals surface area contributed by atoms with Crippen molar-refractivity contribution in [2.24, 2.45) is 5.92 Å². The summed E-state index contributed by atoms with van der Waals surface area (Å²) in [5.41, 5.74) is -0.633. The number of alkyl carbamates (subject to hydrolysis) is 1. The first kappa shape index (κ1) is 20.2. The predicted molar refractivity (Wildman–Crippen MR) is 88.7 cm³/mol. The molecule has 1 saturated heterocycles. The van der Waals surface area contributed by atoms with Crippen molar-refractivity contribution in [1.29, 1.82) is 0 Å². The number of hydrogen-bond acceptors (Lipinski definition) is 5. The van der Waals surface area contributed by atoms with Gasteiger partial charge in [-0.1, -0.05) is 13.8 Å². The minimum Gasteiger partial charge on any atom is -0.480 e. The Bertz CT molecular complexity index is 465. The van der Waals surface area contributed by atoms with Crippen LogP contribution in [0.25, 0.3) is 0 Å². The van der Waals surface area contributed by atoms with Crippen LogP contribution in [0.2, 0.25) is 0 Å². The van der Waals surface area contributed by atoms with Crippen LogP contribution in [0.5, 0.6) is 0 Å².